The molecule has 3 aromatic carbocycles. The van der Waals surface area contributed by atoms with Gasteiger partial charge in [0.2, 0.25) is 5.91 Å². The number of anilines is 2. The van der Waals surface area contributed by atoms with Crippen molar-refractivity contribution in [2.45, 2.75) is 19.3 Å². The van der Waals surface area contributed by atoms with E-state index in [0.29, 0.717) is 29.8 Å². The summed E-state index contributed by atoms with van der Waals surface area (Å²) in [5.74, 6) is -0.542. The molecule has 1 heterocycles. The van der Waals surface area contributed by atoms with E-state index in [1.165, 1.54) is 11.6 Å². The lowest BCUT2D eigenvalue weighted by molar-refractivity contribution is -0.116. The highest BCUT2D eigenvalue weighted by Gasteiger charge is 2.24. The van der Waals surface area contributed by atoms with E-state index >= 15 is 0 Å². The minimum absolute atomic E-state index is 0.0487. The Kier molecular flexibility index (Phi) is 5.38. The van der Waals surface area contributed by atoms with E-state index in [1.54, 1.807) is 47.4 Å². The maximum absolute atomic E-state index is 13.6. The molecule has 4 nitrogen and oxygen atoms in total. The van der Waals surface area contributed by atoms with Crippen LogP contribution >= 0.6 is 0 Å². The number of carbonyl (C=O) groups excluding carboxylic acids is 2. The van der Waals surface area contributed by atoms with Crippen molar-refractivity contribution in [3.8, 4) is 0 Å². The van der Waals surface area contributed by atoms with E-state index in [1.807, 2.05) is 24.3 Å². The minimum Gasteiger partial charge on any atom is -0.326 e. The van der Waals surface area contributed by atoms with Gasteiger partial charge in [0.25, 0.3) is 5.91 Å². The predicted octanol–water partition coefficient (Wildman–Crippen LogP) is 4.60. The van der Waals surface area contributed by atoms with Crippen LogP contribution in [0.4, 0.5) is 15.8 Å². The van der Waals surface area contributed by atoms with E-state index in [0.717, 1.165) is 12.1 Å². The highest BCUT2D eigenvalue weighted by Crippen LogP contribution is 2.29. The van der Waals surface area contributed by atoms with Crippen LogP contribution in [0.25, 0.3) is 0 Å². The summed E-state index contributed by atoms with van der Waals surface area (Å²) in [6.07, 6.45) is 1.38. The van der Waals surface area contributed by atoms with Crippen LogP contribution in [0.3, 0.4) is 0 Å². The molecule has 1 N–H and O–H groups in total. The van der Waals surface area contributed by atoms with Crippen LogP contribution in [-0.2, 0) is 17.6 Å². The molecule has 5 heteroatoms. The smallest absolute Gasteiger partial charge is 0.258 e. The van der Waals surface area contributed by atoms with E-state index in [4.69, 9.17) is 0 Å². The summed E-state index contributed by atoms with van der Waals surface area (Å²) in [5.41, 5.74) is 3.85. The number of para-hydroxylation sites is 1. The Morgan fingerprint density at radius 1 is 0.931 bits per heavy atom. The SMILES string of the molecule is O=C(CCc1ccccc1F)Nc1ccc(C(=O)N2CCc3ccccc32)cc1. The van der Waals surface area contributed by atoms with Crippen molar-refractivity contribution in [3.63, 3.8) is 0 Å². The molecular formula is C24H21FN2O2. The zero-order valence-electron chi connectivity index (χ0n) is 15.9. The lowest BCUT2D eigenvalue weighted by Gasteiger charge is -2.17. The van der Waals surface area contributed by atoms with Crippen LogP contribution in [-0.4, -0.2) is 18.4 Å². The number of carbonyl (C=O) groups is 2. The summed E-state index contributed by atoms with van der Waals surface area (Å²) in [6.45, 7) is 0.673. The van der Waals surface area contributed by atoms with Gasteiger partial charge in [0, 0.05) is 29.9 Å². The molecule has 0 saturated carbocycles. The molecule has 4 rings (SSSR count). The standard InChI is InChI=1S/C24H21FN2O2/c25-21-7-3-1-5-17(21)11-14-23(28)26-20-12-9-19(10-13-20)24(29)27-16-15-18-6-2-4-8-22(18)27/h1-10,12-13H,11,14-16H2,(H,26,28). The molecule has 1 aliphatic rings. The normalized spacial score (nSPS) is 12.5. The van der Waals surface area contributed by atoms with E-state index in [2.05, 4.69) is 5.32 Å². The predicted molar refractivity (Wildman–Crippen MR) is 112 cm³/mol. The first kappa shape index (κ1) is 18.9. The molecule has 0 saturated heterocycles. The second-order valence-corrected chi connectivity index (χ2v) is 7.05. The van der Waals surface area contributed by atoms with Crippen molar-refractivity contribution in [1.82, 2.24) is 0 Å². The molecule has 0 fully saturated rings. The molecule has 0 aliphatic carbocycles. The second kappa shape index (κ2) is 8.27. The van der Waals surface area contributed by atoms with Crippen molar-refractivity contribution in [3.05, 3.63) is 95.3 Å². The van der Waals surface area contributed by atoms with Crippen molar-refractivity contribution in [2.24, 2.45) is 0 Å². The van der Waals surface area contributed by atoms with Crippen molar-refractivity contribution < 1.29 is 14.0 Å². The van der Waals surface area contributed by atoms with E-state index < -0.39 is 0 Å². The van der Waals surface area contributed by atoms with Crippen LogP contribution in [0.1, 0.15) is 27.9 Å². The van der Waals surface area contributed by atoms with Gasteiger partial charge in [-0.3, -0.25) is 9.59 Å². The zero-order valence-corrected chi connectivity index (χ0v) is 15.9. The summed E-state index contributed by atoms with van der Waals surface area (Å²) in [6, 6.07) is 21.3. The topological polar surface area (TPSA) is 49.4 Å². The van der Waals surface area contributed by atoms with Crippen molar-refractivity contribution in [1.29, 1.82) is 0 Å². The number of amides is 2. The van der Waals surface area contributed by atoms with Gasteiger partial charge >= 0.3 is 0 Å². The Bertz CT molecular complexity index is 1050. The first-order valence-electron chi connectivity index (χ1n) is 9.65. The molecule has 2 amide bonds. The number of hydrogen-bond donors (Lipinski definition) is 1. The molecule has 0 atom stereocenters. The highest BCUT2D eigenvalue weighted by atomic mass is 19.1. The molecule has 0 spiro atoms. The van der Waals surface area contributed by atoms with Crippen LogP contribution in [0, 0.1) is 5.82 Å². The maximum Gasteiger partial charge on any atom is 0.258 e. The summed E-state index contributed by atoms with van der Waals surface area (Å²) < 4.78 is 13.6. The van der Waals surface area contributed by atoms with Gasteiger partial charge in [0.15, 0.2) is 0 Å². The van der Waals surface area contributed by atoms with Crippen molar-refractivity contribution >= 4 is 23.2 Å². The summed E-state index contributed by atoms with van der Waals surface area (Å²) >= 11 is 0. The average molecular weight is 388 g/mol. The third-order valence-corrected chi connectivity index (χ3v) is 5.13. The van der Waals surface area contributed by atoms with E-state index in [-0.39, 0.29) is 24.1 Å². The molecule has 0 bridgehead atoms. The van der Waals surface area contributed by atoms with Gasteiger partial charge in [-0.15, -0.1) is 0 Å². The fraction of sp³-hybridized carbons (Fsp3) is 0.167. The molecule has 0 unspecified atom stereocenters. The second-order valence-electron chi connectivity index (χ2n) is 7.05. The fourth-order valence-electron chi connectivity index (χ4n) is 3.57. The number of aryl methyl sites for hydroxylation is 1. The Labute approximate surface area is 169 Å². The Hall–Kier alpha value is -3.47. The van der Waals surface area contributed by atoms with Crippen molar-refractivity contribution in [2.75, 3.05) is 16.8 Å². The zero-order chi connectivity index (χ0) is 20.2. The number of rotatable bonds is 5. The van der Waals surface area contributed by atoms with Gasteiger partial charge in [-0.25, -0.2) is 4.39 Å². The van der Waals surface area contributed by atoms with Crippen LogP contribution in [0.2, 0.25) is 0 Å². The number of fused-ring (bicyclic) bond motifs is 1. The summed E-state index contributed by atoms with van der Waals surface area (Å²) in [7, 11) is 0. The first-order valence-corrected chi connectivity index (χ1v) is 9.65. The van der Waals surface area contributed by atoms with Gasteiger partial charge in [-0.05, 0) is 60.4 Å². The quantitative estimate of drug-likeness (QED) is 0.694. The van der Waals surface area contributed by atoms with Gasteiger partial charge in [-0.1, -0.05) is 36.4 Å². The van der Waals surface area contributed by atoms with Gasteiger partial charge in [0.1, 0.15) is 5.82 Å². The minimum atomic E-state index is -0.299. The largest absolute Gasteiger partial charge is 0.326 e. The third-order valence-electron chi connectivity index (χ3n) is 5.13. The molecule has 3 aromatic rings. The number of nitrogens with one attached hydrogen (secondary N) is 1. The molecule has 0 radical (unpaired) electrons. The molecule has 1 aliphatic heterocycles. The number of nitrogens with zero attached hydrogens (tertiary/aromatic N) is 1. The van der Waals surface area contributed by atoms with Gasteiger partial charge in [-0.2, -0.15) is 0 Å². The molecular weight excluding hydrogens is 367 g/mol. The van der Waals surface area contributed by atoms with Crippen LogP contribution in [0.15, 0.2) is 72.8 Å². The van der Waals surface area contributed by atoms with Gasteiger partial charge < -0.3 is 10.2 Å². The van der Waals surface area contributed by atoms with Crippen LogP contribution < -0.4 is 10.2 Å². The number of halogens is 1. The van der Waals surface area contributed by atoms with E-state index in [9.17, 15) is 14.0 Å². The molecule has 0 aromatic heterocycles. The Morgan fingerprint density at radius 2 is 1.66 bits per heavy atom. The maximum atomic E-state index is 13.6. The van der Waals surface area contributed by atoms with Gasteiger partial charge in [0.05, 0.1) is 0 Å². The Balaban J connectivity index is 1.36. The lowest BCUT2D eigenvalue weighted by atomic mass is 10.1. The average Bonchev–Trinajstić information content (AvgIpc) is 3.17. The first-order chi connectivity index (χ1) is 14.1. The van der Waals surface area contributed by atoms with Crippen LogP contribution in [0.5, 0.6) is 0 Å². The monoisotopic (exact) mass is 388 g/mol. The molecule has 29 heavy (non-hydrogen) atoms. The summed E-state index contributed by atoms with van der Waals surface area (Å²) in [4.78, 5) is 26.8. The highest BCUT2D eigenvalue weighted by molar-refractivity contribution is 6.07. The number of benzene rings is 3. The fourth-order valence-corrected chi connectivity index (χ4v) is 3.57. The summed E-state index contributed by atoms with van der Waals surface area (Å²) in [5, 5.41) is 2.80. The number of hydrogen-bond acceptors (Lipinski definition) is 2. The third kappa shape index (κ3) is 4.19. The molecule has 146 valence electrons. The lowest BCUT2D eigenvalue weighted by Crippen LogP contribution is -2.28. The Morgan fingerprint density at radius 3 is 2.45 bits per heavy atom.